The summed E-state index contributed by atoms with van der Waals surface area (Å²) in [4.78, 5) is 13.5. The number of hydrogen-bond donors (Lipinski definition) is 0. The van der Waals surface area contributed by atoms with E-state index in [2.05, 4.69) is 11.5 Å². The van der Waals surface area contributed by atoms with Crippen molar-refractivity contribution in [2.45, 2.75) is 39.7 Å². The smallest absolute Gasteiger partial charge is 0.197 e. The van der Waals surface area contributed by atoms with Crippen molar-refractivity contribution in [2.75, 3.05) is 13.7 Å². The van der Waals surface area contributed by atoms with Crippen molar-refractivity contribution >= 4 is 10.9 Å². The second-order valence-corrected chi connectivity index (χ2v) is 7.65. The molecule has 2 aromatic carbocycles. The summed E-state index contributed by atoms with van der Waals surface area (Å²) in [6.45, 7) is 5.67. The number of fused-ring (bicyclic) bond motifs is 1. The Balaban J connectivity index is 1.95. The van der Waals surface area contributed by atoms with Crippen LogP contribution in [-0.4, -0.2) is 18.3 Å². The quantitative estimate of drug-likeness (QED) is 0.569. The molecule has 0 N–H and O–H groups in total. The molecule has 0 unspecified atom stereocenters. The molecule has 0 amide bonds. The number of ether oxygens (including phenoxy) is 2. The van der Waals surface area contributed by atoms with Gasteiger partial charge in [-0.3, -0.25) is 4.79 Å². The highest BCUT2D eigenvalue weighted by atomic mass is 16.5. The first-order valence-electron chi connectivity index (χ1n) is 10.1. The van der Waals surface area contributed by atoms with Crippen LogP contribution in [0.2, 0.25) is 0 Å². The molecule has 0 aliphatic heterocycles. The second-order valence-electron chi connectivity index (χ2n) is 7.65. The van der Waals surface area contributed by atoms with Gasteiger partial charge in [0.2, 0.25) is 0 Å². The van der Waals surface area contributed by atoms with Crippen molar-refractivity contribution in [1.29, 1.82) is 0 Å². The minimum atomic E-state index is 0.0617. The van der Waals surface area contributed by atoms with Crippen LogP contribution in [0.1, 0.15) is 31.7 Å². The van der Waals surface area contributed by atoms with Gasteiger partial charge in [-0.2, -0.15) is 0 Å². The molecule has 1 aliphatic carbocycles. The van der Waals surface area contributed by atoms with Gasteiger partial charge in [0.25, 0.3) is 0 Å². The monoisotopic (exact) mass is 377 g/mol. The van der Waals surface area contributed by atoms with Gasteiger partial charge < -0.3 is 14.0 Å². The highest BCUT2D eigenvalue weighted by Gasteiger charge is 2.24. The largest absolute Gasteiger partial charge is 0.497 e. The molecule has 1 heterocycles. The molecule has 1 aromatic heterocycles. The van der Waals surface area contributed by atoms with Gasteiger partial charge in [0.15, 0.2) is 5.43 Å². The summed E-state index contributed by atoms with van der Waals surface area (Å²) in [5, 5.41) is 0.766. The van der Waals surface area contributed by atoms with E-state index in [1.54, 1.807) is 7.11 Å². The molecule has 1 aliphatic rings. The Morgan fingerprint density at radius 1 is 1.11 bits per heavy atom. The van der Waals surface area contributed by atoms with Crippen LogP contribution in [0.5, 0.6) is 11.5 Å². The maximum Gasteiger partial charge on any atom is 0.197 e. The predicted octanol–water partition coefficient (Wildman–Crippen LogP) is 5.18. The first-order chi connectivity index (χ1) is 13.6. The van der Waals surface area contributed by atoms with E-state index in [0.717, 1.165) is 52.1 Å². The summed E-state index contributed by atoms with van der Waals surface area (Å²) in [5.74, 6) is 2.28. The average molecular weight is 377 g/mol. The van der Waals surface area contributed by atoms with Crippen molar-refractivity contribution in [3.8, 4) is 22.6 Å². The number of pyridine rings is 1. The molecule has 28 heavy (non-hydrogen) atoms. The molecule has 0 spiro atoms. The standard InChI is InChI=1S/C24H27NO3/c1-4-13-28-21-12-5-16(2)22-23(21)25(14-17-6-7-17)15-20(24(22)26)18-8-10-19(27-3)11-9-18/h5,8-12,15,17H,4,6-7,13-14H2,1-3H3. The normalized spacial score (nSPS) is 13.7. The molecule has 4 nitrogen and oxygen atoms in total. The fraction of sp³-hybridized carbons (Fsp3) is 0.375. The molecule has 3 aromatic rings. The first kappa shape index (κ1) is 18.6. The van der Waals surface area contributed by atoms with Crippen LogP contribution in [0.25, 0.3) is 22.0 Å². The minimum Gasteiger partial charge on any atom is -0.497 e. The van der Waals surface area contributed by atoms with Crippen LogP contribution in [0.15, 0.2) is 47.4 Å². The lowest BCUT2D eigenvalue weighted by Crippen LogP contribution is -2.15. The van der Waals surface area contributed by atoms with Gasteiger partial charge >= 0.3 is 0 Å². The highest BCUT2D eigenvalue weighted by Crippen LogP contribution is 2.35. The molecule has 1 saturated carbocycles. The Kier molecular flexibility index (Phi) is 5.12. The molecule has 4 rings (SSSR count). The van der Waals surface area contributed by atoms with Crippen molar-refractivity contribution in [2.24, 2.45) is 5.92 Å². The summed E-state index contributed by atoms with van der Waals surface area (Å²) in [6, 6.07) is 11.7. The Bertz CT molecular complexity index is 1050. The van der Waals surface area contributed by atoms with E-state index < -0.39 is 0 Å². The predicted molar refractivity (Wildman–Crippen MR) is 113 cm³/mol. The van der Waals surface area contributed by atoms with Crippen LogP contribution >= 0.6 is 0 Å². The van der Waals surface area contributed by atoms with Gasteiger partial charge in [0.1, 0.15) is 11.5 Å². The lowest BCUT2D eigenvalue weighted by Gasteiger charge is -2.18. The fourth-order valence-corrected chi connectivity index (χ4v) is 3.69. The van der Waals surface area contributed by atoms with E-state index >= 15 is 0 Å². The summed E-state index contributed by atoms with van der Waals surface area (Å²) in [7, 11) is 1.65. The highest BCUT2D eigenvalue weighted by molar-refractivity contribution is 5.91. The van der Waals surface area contributed by atoms with Crippen molar-refractivity contribution in [3.05, 3.63) is 58.4 Å². The van der Waals surface area contributed by atoms with E-state index in [0.29, 0.717) is 12.5 Å². The summed E-state index contributed by atoms with van der Waals surface area (Å²) >= 11 is 0. The minimum absolute atomic E-state index is 0.0617. The van der Waals surface area contributed by atoms with Gasteiger partial charge in [-0.1, -0.05) is 25.1 Å². The number of aryl methyl sites for hydroxylation is 1. The third kappa shape index (κ3) is 3.51. The van der Waals surface area contributed by atoms with E-state index in [-0.39, 0.29) is 5.43 Å². The second kappa shape index (κ2) is 7.70. The SMILES string of the molecule is CCCOc1ccc(C)c2c(=O)c(-c3ccc(OC)cc3)cn(CC3CC3)c12. The topological polar surface area (TPSA) is 40.5 Å². The first-order valence-corrected chi connectivity index (χ1v) is 10.1. The number of benzene rings is 2. The Hall–Kier alpha value is -2.75. The summed E-state index contributed by atoms with van der Waals surface area (Å²) in [5.41, 5.74) is 3.63. The maximum absolute atomic E-state index is 13.5. The maximum atomic E-state index is 13.5. The van der Waals surface area contributed by atoms with Crippen LogP contribution < -0.4 is 14.9 Å². The average Bonchev–Trinajstić information content (AvgIpc) is 3.53. The molecular weight excluding hydrogens is 350 g/mol. The van der Waals surface area contributed by atoms with Gasteiger partial charge in [0.05, 0.1) is 24.6 Å². The number of hydrogen-bond acceptors (Lipinski definition) is 3. The zero-order valence-electron chi connectivity index (χ0n) is 16.8. The van der Waals surface area contributed by atoms with Gasteiger partial charge in [0, 0.05) is 18.3 Å². The number of methoxy groups -OCH3 is 1. The molecular formula is C24H27NO3. The van der Waals surface area contributed by atoms with E-state index in [1.807, 2.05) is 49.5 Å². The molecule has 0 radical (unpaired) electrons. The summed E-state index contributed by atoms with van der Waals surface area (Å²) in [6.07, 6.45) is 5.46. The Labute approximate surface area is 165 Å². The third-order valence-corrected chi connectivity index (χ3v) is 5.41. The molecule has 0 bridgehead atoms. The Morgan fingerprint density at radius 2 is 1.86 bits per heavy atom. The molecule has 146 valence electrons. The van der Waals surface area contributed by atoms with Crippen molar-refractivity contribution < 1.29 is 9.47 Å². The number of aromatic nitrogens is 1. The molecule has 0 saturated heterocycles. The van der Waals surface area contributed by atoms with Gasteiger partial charge in [-0.05, 0) is 61.4 Å². The number of nitrogens with zero attached hydrogens (tertiary/aromatic N) is 1. The van der Waals surface area contributed by atoms with E-state index in [1.165, 1.54) is 12.8 Å². The zero-order valence-corrected chi connectivity index (χ0v) is 16.8. The Morgan fingerprint density at radius 3 is 2.50 bits per heavy atom. The number of rotatable bonds is 7. The van der Waals surface area contributed by atoms with Crippen LogP contribution in [-0.2, 0) is 6.54 Å². The van der Waals surface area contributed by atoms with Gasteiger partial charge in [-0.15, -0.1) is 0 Å². The zero-order chi connectivity index (χ0) is 19.7. The third-order valence-electron chi connectivity index (χ3n) is 5.41. The summed E-state index contributed by atoms with van der Waals surface area (Å²) < 4.78 is 13.5. The van der Waals surface area contributed by atoms with Crippen LogP contribution in [0, 0.1) is 12.8 Å². The van der Waals surface area contributed by atoms with Crippen LogP contribution in [0.3, 0.4) is 0 Å². The molecule has 4 heteroatoms. The van der Waals surface area contributed by atoms with Gasteiger partial charge in [-0.25, -0.2) is 0 Å². The van der Waals surface area contributed by atoms with E-state index in [4.69, 9.17) is 9.47 Å². The van der Waals surface area contributed by atoms with Crippen molar-refractivity contribution in [1.82, 2.24) is 4.57 Å². The van der Waals surface area contributed by atoms with Crippen LogP contribution in [0.4, 0.5) is 0 Å². The molecule has 0 atom stereocenters. The molecule has 1 fully saturated rings. The lowest BCUT2D eigenvalue weighted by atomic mass is 10.0. The van der Waals surface area contributed by atoms with Crippen molar-refractivity contribution in [3.63, 3.8) is 0 Å². The van der Waals surface area contributed by atoms with E-state index in [9.17, 15) is 4.79 Å². The fourth-order valence-electron chi connectivity index (χ4n) is 3.69. The lowest BCUT2D eigenvalue weighted by molar-refractivity contribution is 0.319.